The van der Waals surface area contributed by atoms with Crippen LogP contribution in [0.25, 0.3) is 0 Å². The van der Waals surface area contributed by atoms with Gasteiger partial charge in [-0.15, -0.1) is 0 Å². The Bertz CT molecular complexity index is 639. The number of hydrogen-bond donors (Lipinski definition) is 2. The smallest absolute Gasteiger partial charge is 0.193 e. The van der Waals surface area contributed by atoms with Gasteiger partial charge in [0.1, 0.15) is 0 Å². The monoisotopic (exact) mass is 323 g/mol. The minimum absolute atomic E-state index is 0.241. The highest BCUT2D eigenvalue weighted by Crippen LogP contribution is 2.20. The van der Waals surface area contributed by atoms with E-state index in [-0.39, 0.29) is 23.5 Å². The zero-order valence-corrected chi connectivity index (χ0v) is 14.1. The van der Waals surface area contributed by atoms with Crippen molar-refractivity contribution in [2.45, 2.75) is 44.3 Å². The van der Waals surface area contributed by atoms with Crippen LogP contribution in [0.3, 0.4) is 0 Å². The number of anilines is 1. The fraction of sp³-hybridized carbons (Fsp3) is 0.562. The van der Waals surface area contributed by atoms with E-state index in [0.717, 1.165) is 18.5 Å². The van der Waals surface area contributed by atoms with Gasteiger partial charge < -0.3 is 11.1 Å². The van der Waals surface area contributed by atoms with E-state index in [1.807, 2.05) is 18.2 Å². The summed E-state index contributed by atoms with van der Waals surface area (Å²) in [5, 5.41) is 2.65. The molecule has 1 aromatic carbocycles. The van der Waals surface area contributed by atoms with Crippen molar-refractivity contribution < 1.29 is 8.42 Å². The highest BCUT2D eigenvalue weighted by molar-refractivity contribution is 7.92. The average Bonchev–Trinajstić information content (AvgIpc) is 2.46. The van der Waals surface area contributed by atoms with Crippen molar-refractivity contribution in [3.63, 3.8) is 0 Å². The van der Waals surface area contributed by atoms with Gasteiger partial charge >= 0.3 is 0 Å². The summed E-state index contributed by atoms with van der Waals surface area (Å²) in [6.07, 6.45) is 2.39. The van der Waals surface area contributed by atoms with E-state index in [9.17, 15) is 8.42 Å². The number of nitrogens with zero attached hydrogens (tertiary/aromatic N) is 1. The Hall–Kier alpha value is -1.56. The zero-order valence-electron chi connectivity index (χ0n) is 13.2. The lowest BCUT2D eigenvalue weighted by Crippen LogP contribution is -2.32. The summed E-state index contributed by atoms with van der Waals surface area (Å²) in [7, 11) is -3.00. The van der Waals surface area contributed by atoms with Gasteiger partial charge in [0.2, 0.25) is 0 Å². The van der Waals surface area contributed by atoms with Crippen molar-refractivity contribution in [3.05, 3.63) is 29.8 Å². The van der Waals surface area contributed by atoms with E-state index in [4.69, 9.17) is 5.73 Å². The molecule has 1 aliphatic rings. The Kier molecular flexibility index (Phi) is 5.45. The van der Waals surface area contributed by atoms with Crippen molar-refractivity contribution in [2.75, 3.05) is 17.6 Å². The maximum atomic E-state index is 11.9. The summed E-state index contributed by atoms with van der Waals surface area (Å²) >= 11 is 0. The molecule has 1 aliphatic heterocycles. The van der Waals surface area contributed by atoms with Crippen LogP contribution >= 0.6 is 0 Å². The van der Waals surface area contributed by atoms with E-state index >= 15 is 0 Å². The maximum Gasteiger partial charge on any atom is 0.193 e. The summed E-state index contributed by atoms with van der Waals surface area (Å²) in [6.45, 7) is 4.50. The van der Waals surface area contributed by atoms with Crippen LogP contribution in [-0.2, 0) is 9.84 Å². The molecule has 122 valence electrons. The Morgan fingerprint density at radius 2 is 2.18 bits per heavy atom. The predicted molar refractivity (Wildman–Crippen MR) is 92.1 cm³/mol. The first kappa shape index (κ1) is 16.8. The third-order valence-corrected chi connectivity index (χ3v) is 6.26. The molecule has 0 aliphatic carbocycles. The van der Waals surface area contributed by atoms with Crippen LogP contribution in [0.5, 0.6) is 0 Å². The number of hydrogen-bond acceptors (Lipinski definition) is 3. The molecule has 0 saturated carbocycles. The van der Waals surface area contributed by atoms with E-state index < -0.39 is 9.84 Å². The number of nitrogens with two attached hydrogens (primary N) is 1. The molecular weight excluding hydrogens is 298 g/mol. The number of benzene rings is 1. The molecule has 0 amide bonds. The fourth-order valence-corrected chi connectivity index (χ4v) is 4.36. The van der Waals surface area contributed by atoms with Crippen molar-refractivity contribution >= 4 is 21.5 Å². The highest BCUT2D eigenvalue weighted by Gasteiger charge is 2.28. The summed E-state index contributed by atoms with van der Waals surface area (Å²) in [5.74, 6) is 0.978. The van der Waals surface area contributed by atoms with Crippen LogP contribution in [-0.4, -0.2) is 31.9 Å². The minimum Gasteiger partial charge on any atom is -0.370 e. The lowest BCUT2D eigenvalue weighted by atomic mass is 10.0. The van der Waals surface area contributed by atoms with Gasteiger partial charge in [-0.05, 0) is 36.5 Å². The third-order valence-electron chi connectivity index (χ3n) is 4.00. The van der Waals surface area contributed by atoms with Gasteiger partial charge in [-0.1, -0.05) is 32.4 Å². The van der Waals surface area contributed by atoms with Crippen molar-refractivity contribution in [2.24, 2.45) is 10.7 Å². The van der Waals surface area contributed by atoms with Gasteiger partial charge in [-0.25, -0.2) is 8.42 Å². The largest absolute Gasteiger partial charge is 0.370 e. The Labute approximate surface area is 132 Å². The van der Waals surface area contributed by atoms with Crippen LogP contribution in [0.4, 0.5) is 5.69 Å². The summed E-state index contributed by atoms with van der Waals surface area (Å²) < 4.78 is 23.9. The fourth-order valence-electron chi connectivity index (χ4n) is 2.59. The van der Waals surface area contributed by atoms with Crippen LogP contribution in [0, 0.1) is 0 Å². The quantitative estimate of drug-likeness (QED) is 0.658. The van der Waals surface area contributed by atoms with Gasteiger partial charge in [-0.2, -0.15) is 0 Å². The van der Waals surface area contributed by atoms with Crippen molar-refractivity contribution in [1.29, 1.82) is 0 Å². The van der Waals surface area contributed by atoms with E-state index in [1.165, 1.54) is 5.56 Å². The second-order valence-corrected chi connectivity index (χ2v) is 8.52. The topological polar surface area (TPSA) is 84.5 Å². The normalized spacial score (nSPS) is 21.8. The van der Waals surface area contributed by atoms with Crippen LogP contribution in [0.1, 0.15) is 44.6 Å². The molecule has 0 bridgehead atoms. The number of rotatable bonds is 4. The van der Waals surface area contributed by atoms with Gasteiger partial charge in [0.05, 0.1) is 17.5 Å². The zero-order chi connectivity index (χ0) is 16.2. The highest BCUT2D eigenvalue weighted by atomic mass is 32.2. The summed E-state index contributed by atoms with van der Waals surface area (Å²) in [4.78, 5) is 4.22. The molecule has 6 heteroatoms. The van der Waals surface area contributed by atoms with Gasteiger partial charge in [-0.3, -0.25) is 4.99 Å². The van der Waals surface area contributed by atoms with E-state index in [0.29, 0.717) is 12.3 Å². The number of nitrogens with one attached hydrogen (secondary N) is 1. The average molecular weight is 323 g/mol. The molecule has 0 aromatic heterocycles. The first-order valence-corrected chi connectivity index (χ1v) is 9.48. The first-order valence-electron chi connectivity index (χ1n) is 7.77. The SMILES string of the molecule is CC(C)c1cccc(NC(N)=NCC2CCCCS2(=O)=O)c1. The molecule has 5 nitrogen and oxygen atoms in total. The second kappa shape index (κ2) is 7.13. The molecule has 1 atom stereocenters. The third kappa shape index (κ3) is 4.47. The lowest BCUT2D eigenvalue weighted by molar-refractivity contribution is 0.541. The molecule has 1 fully saturated rings. The lowest BCUT2D eigenvalue weighted by Gasteiger charge is -2.20. The molecule has 22 heavy (non-hydrogen) atoms. The minimum atomic E-state index is -3.00. The molecule has 2 rings (SSSR count). The number of guanidine groups is 1. The van der Waals surface area contributed by atoms with Gasteiger partial charge in [0.25, 0.3) is 0 Å². The molecule has 1 heterocycles. The van der Waals surface area contributed by atoms with E-state index in [1.54, 1.807) is 0 Å². The Balaban J connectivity index is 1.99. The summed E-state index contributed by atoms with van der Waals surface area (Å²) in [6, 6.07) is 7.99. The Morgan fingerprint density at radius 3 is 2.86 bits per heavy atom. The predicted octanol–water partition coefficient (Wildman–Crippen LogP) is 2.50. The number of sulfone groups is 1. The first-order chi connectivity index (χ1) is 10.4. The molecule has 1 unspecified atom stereocenters. The molecular formula is C16H25N3O2S. The second-order valence-electron chi connectivity index (χ2n) is 6.12. The summed E-state index contributed by atoms with van der Waals surface area (Å²) in [5.41, 5.74) is 7.97. The van der Waals surface area contributed by atoms with Gasteiger partial charge in [0.15, 0.2) is 15.8 Å². The number of aliphatic imine (C=N–C) groups is 1. The van der Waals surface area contributed by atoms with Crippen molar-refractivity contribution in [3.8, 4) is 0 Å². The maximum absolute atomic E-state index is 11.9. The molecule has 0 radical (unpaired) electrons. The van der Waals surface area contributed by atoms with Crippen LogP contribution in [0.2, 0.25) is 0 Å². The standard InChI is InChI=1S/C16H25N3O2S/c1-12(2)13-6-5-7-14(10-13)19-16(17)18-11-15-8-3-4-9-22(15,20)21/h5-7,10,12,15H,3-4,8-9,11H2,1-2H3,(H3,17,18,19). The van der Waals surface area contributed by atoms with Crippen molar-refractivity contribution in [1.82, 2.24) is 0 Å². The molecule has 1 aromatic rings. The molecule has 1 saturated heterocycles. The Morgan fingerprint density at radius 1 is 1.41 bits per heavy atom. The van der Waals surface area contributed by atoms with Gasteiger partial charge in [0, 0.05) is 5.69 Å². The van der Waals surface area contributed by atoms with Crippen LogP contribution < -0.4 is 11.1 Å². The molecule has 0 spiro atoms. The van der Waals surface area contributed by atoms with Crippen LogP contribution in [0.15, 0.2) is 29.3 Å². The van der Waals surface area contributed by atoms with E-state index in [2.05, 4.69) is 30.2 Å². The molecule has 3 N–H and O–H groups in total.